The Morgan fingerprint density at radius 2 is 1.85 bits per heavy atom. The van der Waals surface area contributed by atoms with Gasteiger partial charge in [0.05, 0.1) is 11.0 Å². The number of hydrogen-bond acceptors (Lipinski definition) is 6. The van der Waals surface area contributed by atoms with Gasteiger partial charge in [0.25, 0.3) is 0 Å². The SMILES string of the molecule is O=[N+]([O-])c1ncccc1Oc1ccc(Nc2nc3ccccc3[nH]2)cc1. The molecule has 2 aromatic carbocycles. The molecule has 8 nitrogen and oxygen atoms in total. The molecule has 2 N–H and O–H groups in total. The smallest absolute Gasteiger partial charge is 0.406 e. The molecule has 0 amide bonds. The molecule has 0 aliphatic rings. The molecule has 0 radical (unpaired) electrons. The first kappa shape index (κ1) is 15.6. The van der Waals surface area contributed by atoms with Gasteiger partial charge in [0, 0.05) is 5.69 Å². The van der Waals surface area contributed by atoms with E-state index in [-0.39, 0.29) is 11.6 Å². The minimum absolute atomic E-state index is 0.0930. The largest absolute Gasteiger partial charge is 0.448 e. The molecule has 4 aromatic rings. The quantitative estimate of drug-likeness (QED) is 0.409. The molecular formula is C18H13N5O3. The van der Waals surface area contributed by atoms with Gasteiger partial charge in [-0.25, -0.2) is 4.98 Å². The van der Waals surface area contributed by atoms with Gasteiger partial charge in [-0.2, -0.15) is 0 Å². The number of pyridine rings is 1. The first-order valence-corrected chi connectivity index (χ1v) is 7.78. The highest BCUT2D eigenvalue weighted by Gasteiger charge is 2.16. The van der Waals surface area contributed by atoms with Crippen LogP contribution in [0, 0.1) is 10.1 Å². The van der Waals surface area contributed by atoms with Gasteiger partial charge >= 0.3 is 5.82 Å². The summed E-state index contributed by atoms with van der Waals surface area (Å²) < 4.78 is 5.57. The monoisotopic (exact) mass is 347 g/mol. The van der Waals surface area contributed by atoms with Crippen LogP contribution in [0.3, 0.4) is 0 Å². The number of fused-ring (bicyclic) bond motifs is 1. The molecule has 0 fully saturated rings. The standard InChI is InChI=1S/C18H13N5O3/c24-23(25)17-16(6-3-11-19-17)26-13-9-7-12(8-10-13)20-18-21-14-4-1-2-5-15(14)22-18/h1-11H,(H2,20,21,22). The Balaban J connectivity index is 1.51. The fourth-order valence-corrected chi connectivity index (χ4v) is 2.48. The molecule has 8 heteroatoms. The second-order valence-electron chi connectivity index (χ2n) is 5.44. The third-order valence-corrected chi connectivity index (χ3v) is 3.66. The number of hydrogen-bond donors (Lipinski definition) is 2. The van der Waals surface area contributed by atoms with Crippen LogP contribution < -0.4 is 10.1 Å². The first-order chi connectivity index (χ1) is 12.7. The van der Waals surface area contributed by atoms with E-state index in [9.17, 15) is 10.1 Å². The maximum absolute atomic E-state index is 11.0. The van der Waals surface area contributed by atoms with Crippen molar-refractivity contribution in [1.29, 1.82) is 0 Å². The fraction of sp³-hybridized carbons (Fsp3) is 0. The van der Waals surface area contributed by atoms with E-state index in [1.165, 1.54) is 12.3 Å². The molecule has 4 rings (SSSR count). The van der Waals surface area contributed by atoms with Gasteiger partial charge in [-0.3, -0.25) is 0 Å². The van der Waals surface area contributed by atoms with E-state index in [1.807, 2.05) is 24.3 Å². The predicted octanol–water partition coefficient (Wildman–Crippen LogP) is 4.40. The Bertz CT molecular complexity index is 1040. The van der Waals surface area contributed by atoms with E-state index in [0.29, 0.717) is 11.7 Å². The molecule has 2 heterocycles. The van der Waals surface area contributed by atoms with Crippen LogP contribution in [0.25, 0.3) is 11.0 Å². The van der Waals surface area contributed by atoms with E-state index in [2.05, 4.69) is 20.3 Å². The molecule has 0 unspecified atom stereocenters. The number of rotatable bonds is 5. The van der Waals surface area contributed by atoms with Crippen molar-refractivity contribution in [3.05, 3.63) is 77.0 Å². The highest BCUT2D eigenvalue weighted by molar-refractivity contribution is 5.78. The van der Waals surface area contributed by atoms with Crippen LogP contribution in [-0.4, -0.2) is 19.9 Å². The summed E-state index contributed by atoms with van der Waals surface area (Å²) in [6.07, 6.45) is 1.35. The molecule has 2 aromatic heterocycles. The molecule has 26 heavy (non-hydrogen) atoms. The minimum Gasteiger partial charge on any atom is -0.448 e. The van der Waals surface area contributed by atoms with Gasteiger partial charge in [0.2, 0.25) is 11.7 Å². The van der Waals surface area contributed by atoms with Crippen molar-refractivity contribution in [2.24, 2.45) is 0 Å². The number of nitrogens with one attached hydrogen (secondary N) is 2. The highest BCUT2D eigenvalue weighted by atomic mass is 16.6. The molecule has 0 aliphatic carbocycles. The van der Waals surface area contributed by atoms with Gasteiger partial charge in [-0.05, 0) is 58.4 Å². The number of imidazole rings is 1. The van der Waals surface area contributed by atoms with Crippen LogP contribution in [0.15, 0.2) is 66.9 Å². The maximum atomic E-state index is 11.0. The highest BCUT2D eigenvalue weighted by Crippen LogP contribution is 2.29. The van der Waals surface area contributed by atoms with Crippen molar-refractivity contribution >= 4 is 28.5 Å². The van der Waals surface area contributed by atoms with E-state index >= 15 is 0 Å². The second kappa shape index (κ2) is 6.52. The van der Waals surface area contributed by atoms with Gasteiger partial charge in [0.15, 0.2) is 0 Å². The van der Waals surface area contributed by atoms with Crippen LogP contribution >= 0.6 is 0 Å². The zero-order chi connectivity index (χ0) is 17.9. The van der Waals surface area contributed by atoms with Crippen molar-refractivity contribution in [1.82, 2.24) is 15.0 Å². The lowest BCUT2D eigenvalue weighted by molar-refractivity contribution is -0.390. The van der Waals surface area contributed by atoms with Crippen molar-refractivity contribution in [2.75, 3.05) is 5.32 Å². The topological polar surface area (TPSA) is 106 Å². The normalized spacial score (nSPS) is 10.6. The minimum atomic E-state index is -0.577. The Morgan fingerprint density at radius 3 is 2.62 bits per heavy atom. The Labute approximate surface area is 147 Å². The molecule has 0 saturated carbocycles. The Kier molecular flexibility index (Phi) is 3.91. The number of benzene rings is 2. The molecule has 0 atom stereocenters. The number of H-pyrrole nitrogens is 1. The van der Waals surface area contributed by atoms with Crippen molar-refractivity contribution < 1.29 is 9.66 Å². The lowest BCUT2D eigenvalue weighted by Crippen LogP contribution is -1.96. The average molecular weight is 347 g/mol. The molecule has 128 valence electrons. The second-order valence-corrected chi connectivity index (χ2v) is 5.44. The lowest BCUT2D eigenvalue weighted by Gasteiger charge is -2.07. The summed E-state index contributed by atoms with van der Waals surface area (Å²) in [5.41, 5.74) is 2.62. The molecular weight excluding hydrogens is 334 g/mol. The van der Waals surface area contributed by atoms with Crippen LogP contribution in [0.4, 0.5) is 17.5 Å². The van der Waals surface area contributed by atoms with Gasteiger partial charge < -0.3 is 25.2 Å². The third-order valence-electron chi connectivity index (χ3n) is 3.66. The van der Waals surface area contributed by atoms with E-state index in [4.69, 9.17) is 4.74 Å². The molecule has 0 spiro atoms. The van der Waals surface area contributed by atoms with Crippen molar-refractivity contribution in [3.63, 3.8) is 0 Å². The Hall–Kier alpha value is -3.94. The van der Waals surface area contributed by atoms with E-state index in [0.717, 1.165) is 16.7 Å². The summed E-state index contributed by atoms with van der Waals surface area (Å²) in [6, 6.07) is 17.8. The fourth-order valence-electron chi connectivity index (χ4n) is 2.48. The van der Waals surface area contributed by atoms with Crippen molar-refractivity contribution in [2.45, 2.75) is 0 Å². The van der Waals surface area contributed by atoms with E-state index in [1.54, 1.807) is 30.3 Å². The van der Waals surface area contributed by atoms with Crippen LogP contribution in [0.2, 0.25) is 0 Å². The molecule has 0 aliphatic heterocycles. The zero-order valence-electron chi connectivity index (χ0n) is 13.4. The van der Waals surface area contributed by atoms with Gasteiger partial charge in [-0.15, -0.1) is 0 Å². The van der Waals surface area contributed by atoms with Crippen LogP contribution in [0.5, 0.6) is 11.5 Å². The lowest BCUT2D eigenvalue weighted by atomic mass is 10.3. The summed E-state index contributed by atoms with van der Waals surface area (Å²) in [7, 11) is 0. The van der Waals surface area contributed by atoms with Gasteiger partial charge in [0.1, 0.15) is 11.9 Å². The summed E-state index contributed by atoms with van der Waals surface area (Å²) >= 11 is 0. The summed E-state index contributed by atoms with van der Waals surface area (Å²) in [5.74, 6) is 0.867. The maximum Gasteiger partial charge on any atom is 0.406 e. The number of nitro groups is 1. The van der Waals surface area contributed by atoms with Crippen molar-refractivity contribution in [3.8, 4) is 11.5 Å². The molecule has 0 saturated heterocycles. The number of anilines is 2. The number of aromatic amines is 1. The average Bonchev–Trinajstić information content (AvgIpc) is 3.06. The number of aromatic nitrogens is 3. The molecule has 0 bridgehead atoms. The number of ether oxygens (including phenoxy) is 1. The summed E-state index contributed by atoms with van der Waals surface area (Å²) in [6.45, 7) is 0. The van der Waals surface area contributed by atoms with Crippen LogP contribution in [-0.2, 0) is 0 Å². The first-order valence-electron chi connectivity index (χ1n) is 7.78. The van der Waals surface area contributed by atoms with Crippen LogP contribution in [0.1, 0.15) is 0 Å². The summed E-state index contributed by atoms with van der Waals surface area (Å²) in [4.78, 5) is 21.8. The van der Waals surface area contributed by atoms with E-state index < -0.39 is 4.92 Å². The van der Waals surface area contributed by atoms with Gasteiger partial charge in [-0.1, -0.05) is 12.1 Å². The predicted molar refractivity (Wildman–Crippen MR) is 96.8 cm³/mol. The number of para-hydroxylation sites is 2. The third kappa shape index (κ3) is 3.16. The number of nitrogens with zero attached hydrogens (tertiary/aromatic N) is 3. The Morgan fingerprint density at radius 1 is 1.04 bits per heavy atom. The summed E-state index contributed by atoms with van der Waals surface area (Å²) in [5, 5.41) is 14.2. The zero-order valence-corrected chi connectivity index (χ0v) is 13.4.